The molecule has 0 heterocycles. The van der Waals surface area contributed by atoms with Gasteiger partial charge >= 0.3 is 0 Å². The Morgan fingerprint density at radius 1 is 1.26 bits per heavy atom. The summed E-state index contributed by atoms with van der Waals surface area (Å²) in [5, 5.41) is 0. The van der Waals surface area contributed by atoms with Crippen LogP contribution < -0.4 is 10.5 Å². The number of nitrogen functional groups attached to an aromatic ring is 1. The molecule has 0 saturated carbocycles. The van der Waals surface area contributed by atoms with Gasteiger partial charge in [-0.25, -0.2) is 13.1 Å². The topological polar surface area (TPSA) is 75.4 Å². The van der Waals surface area contributed by atoms with E-state index in [0.717, 1.165) is 19.4 Å². The van der Waals surface area contributed by atoms with E-state index in [9.17, 15) is 8.42 Å². The van der Waals surface area contributed by atoms with Crippen LogP contribution in [0.25, 0.3) is 0 Å². The molecule has 0 fully saturated rings. The fourth-order valence-electron chi connectivity index (χ4n) is 1.74. The molecule has 5 nitrogen and oxygen atoms in total. The van der Waals surface area contributed by atoms with Gasteiger partial charge in [0.2, 0.25) is 10.0 Å². The molecule has 0 spiro atoms. The van der Waals surface area contributed by atoms with Gasteiger partial charge in [-0.3, -0.25) is 0 Å². The summed E-state index contributed by atoms with van der Waals surface area (Å²) in [5.41, 5.74) is 6.80. The quantitative estimate of drug-likeness (QED) is 0.583. The van der Waals surface area contributed by atoms with Crippen molar-refractivity contribution in [2.75, 3.05) is 32.9 Å². The van der Waals surface area contributed by atoms with Crippen molar-refractivity contribution in [1.82, 2.24) is 9.62 Å². The van der Waals surface area contributed by atoms with Crippen molar-refractivity contribution < 1.29 is 8.42 Å². The number of nitrogens with zero attached hydrogens (tertiary/aromatic N) is 1. The number of rotatable bonds is 7. The molecule has 1 aromatic rings. The van der Waals surface area contributed by atoms with E-state index in [0.29, 0.717) is 17.8 Å². The Bertz CT molecular complexity index is 513. The second-order valence-electron chi connectivity index (χ2n) is 4.93. The summed E-state index contributed by atoms with van der Waals surface area (Å²) in [7, 11) is 0.543. The van der Waals surface area contributed by atoms with Gasteiger partial charge in [-0.05, 0) is 58.1 Å². The van der Waals surface area contributed by atoms with Crippen LogP contribution in [0.1, 0.15) is 18.4 Å². The maximum Gasteiger partial charge on any atom is 0.240 e. The number of nitrogens with one attached hydrogen (secondary N) is 1. The summed E-state index contributed by atoms with van der Waals surface area (Å²) in [6, 6.07) is 4.92. The van der Waals surface area contributed by atoms with E-state index in [4.69, 9.17) is 5.73 Å². The second-order valence-corrected chi connectivity index (χ2v) is 6.67. The summed E-state index contributed by atoms with van der Waals surface area (Å²) in [5.74, 6) is 0. The van der Waals surface area contributed by atoms with E-state index in [1.54, 1.807) is 19.1 Å². The highest BCUT2D eigenvalue weighted by Gasteiger charge is 2.16. The first-order chi connectivity index (χ1) is 8.83. The van der Waals surface area contributed by atoms with Crippen molar-refractivity contribution in [3.63, 3.8) is 0 Å². The number of aryl methyl sites for hydroxylation is 1. The molecular formula is C13H23N3O2S. The molecule has 0 saturated heterocycles. The van der Waals surface area contributed by atoms with E-state index in [2.05, 4.69) is 9.62 Å². The minimum Gasteiger partial charge on any atom is -0.399 e. The van der Waals surface area contributed by atoms with Crippen LogP contribution in [0.5, 0.6) is 0 Å². The Kier molecular flexibility index (Phi) is 5.78. The van der Waals surface area contributed by atoms with E-state index in [1.165, 1.54) is 6.07 Å². The third-order valence-electron chi connectivity index (χ3n) is 2.83. The van der Waals surface area contributed by atoms with Gasteiger partial charge in [-0.1, -0.05) is 6.07 Å². The number of nitrogens with two attached hydrogens (primary N) is 1. The standard InChI is InChI=1S/C13H23N3O2S/c1-11-6-7-12(14)10-13(11)19(17,18)15-8-4-5-9-16(2)3/h6-7,10,15H,4-5,8-9,14H2,1-3H3. The first-order valence-electron chi connectivity index (χ1n) is 6.33. The Hall–Kier alpha value is -1.11. The number of benzene rings is 1. The van der Waals surface area contributed by atoms with Gasteiger partial charge in [0.25, 0.3) is 0 Å². The summed E-state index contributed by atoms with van der Waals surface area (Å²) < 4.78 is 26.9. The predicted octanol–water partition coefficient (Wildman–Crippen LogP) is 1.20. The third kappa shape index (κ3) is 5.18. The van der Waals surface area contributed by atoms with Crippen LogP contribution in [0.15, 0.2) is 23.1 Å². The molecule has 19 heavy (non-hydrogen) atoms. The lowest BCUT2D eigenvalue weighted by Gasteiger charge is -2.11. The van der Waals surface area contributed by atoms with Crippen LogP contribution in [0, 0.1) is 6.92 Å². The van der Waals surface area contributed by atoms with E-state index in [1.807, 2.05) is 14.1 Å². The lowest BCUT2D eigenvalue weighted by Crippen LogP contribution is -2.26. The molecule has 0 bridgehead atoms. The molecule has 0 amide bonds. The molecule has 0 aliphatic heterocycles. The van der Waals surface area contributed by atoms with Crippen molar-refractivity contribution in [3.8, 4) is 0 Å². The molecule has 0 aliphatic carbocycles. The molecule has 3 N–H and O–H groups in total. The molecular weight excluding hydrogens is 262 g/mol. The average molecular weight is 285 g/mol. The SMILES string of the molecule is Cc1ccc(N)cc1S(=O)(=O)NCCCCN(C)C. The fourth-order valence-corrected chi connectivity index (χ4v) is 3.10. The monoisotopic (exact) mass is 285 g/mol. The average Bonchev–Trinajstić information content (AvgIpc) is 2.31. The molecule has 1 rings (SSSR count). The van der Waals surface area contributed by atoms with Gasteiger partial charge < -0.3 is 10.6 Å². The van der Waals surface area contributed by atoms with Crippen LogP contribution >= 0.6 is 0 Å². The maximum atomic E-state index is 12.1. The Labute approximate surface area is 115 Å². The van der Waals surface area contributed by atoms with Crippen molar-refractivity contribution in [1.29, 1.82) is 0 Å². The van der Waals surface area contributed by atoms with Gasteiger partial charge in [0.15, 0.2) is 0 Å². The number of unbranched alkanes of at least 4 members (excludes halogenated alkanes) is 1. The van der Waals surface area contributed by atoms with Crippen LogP contribution in [0.4, 0.5) is 5.69 Å². The molecule has 6 heteroatoms. The highest BCUT2D eigenvalue weighted by Crippen LogP contribution is 2.17. The summed E-state index contributed by atoms with van der Waals surface area (Å²) in [6.45, 7) is 3.17. The largest absolute Gasteiger partial charge is 0.399 e. The summed E-state index contributed by atoms with van der Waals surface area (Å²) in [6.07, 6.45) is 1.78. The predicted molar refractivity (Wildman–Crippen MR) is 78.6 cm³/mol. The van der Waals surface area contributed by atoms with Crippen molar-refractivity contribution in [2.45, 2.75) is 24.7 Å². The molecule has 108 valence electrons. The van der Waals surface area contributed by atoms with E-state index in [-0.39, 0.29) is 4.90 Å². The van der Waals surface area contributed by atoms with Crippen LogP contribution in [-0.2, 0) is 10.0 Å². The second kappa shape index (κ2) is 6.88. The van der Waals surface area contributed by atoms with Gasteiger partial charge in [0.05, 0.1) is 4.90 Å². The maximum absolute atomic E-state index is 12.1. The minimum absolute atomic E-state index is 0.264. The Morgan fingerprint density at radius 3 is 2.58 bits per heavy atom. The zero-order valence-corrected chi connectivity index (χ0v) is 12.6. The lowest BCUT2D eigenvalue weighted by molar-refractivity contribution is 0.394. The Balaban J connectivity index is 2.59. The van der Waals surface area contributed by atoms with Crippen LogP contribution in [0.2, 0.25) is 0 Å². The molecule has 0 radical (unpaired) electrons. The molecule has 0 unspecified atom stereocenters. The first kappa shape index (κ1) is 15.9. The lowest BCUT2D eigenvalue weighted by atomic mass is 10.2. The smallest absolute Gasteiger partial charge is 0.240 e. The van der Waals surface area contributed by atoms with Crippen LogP contribution in [0.3, 0.4) is 0 Å². The zero-order valence-electron chi connectivity index (χ0n) is 11.8. The van der Waals surface area contributed by atoms with Crippen molar-refractivity contribution in [2.24, 2.45) is 0 Å². The van der Waals surface area contributed by atoms with Gasteiger partial charge in [-0.15, -0.1) is 0 Å². The molecule has 0 aliphatic rings. The number of anilines is 1. The van der Waals surface area contributed by atoms with E-state index < -0.39 is 10.0 Å². The Morgan fingerprint density at radius 2 is 1.95 bits per heavy atom. The number of sulfonamides is 1. The van der Waals surface area contributed by atoms with Crippen molar-refractivity contribution >= 4 is 15.7 Å². The number of hydrogen-bond donors (Lipinski definition) is 2. The molecule has 1 aromatic carbocycles. The molecule has 0 atom stereocenters. The summed E-state index contributed by atoms with van der Waals surface area (Å²) in [4.78, 5) is 2.34. The van der Waals surface area contributed by atoms with Gasteiger partial charge in [0.1, 0.15) is 0 Å². The fraction of sp³-hybridized carbons (Fsp3) is 0.538. The minimum atomic E-state index is -3.46. The van der Waals surface area contributed by atoms with Gasteiger partial charge in [-0.2, -0.15) is 0 Å². The molecule has 0 aromatic heterocycles. The van der Waals surface area contributed by atoms with Crippen LogP contribution in [-0.4, -0.2) is 40.5 Å². The van der Waals surface area contributed by atoms with Gasteiger partial charge in [0, 0.05) is 12.2 Å². The zero-order chi connectivity index (χ0) is 14.5. The third-order valence-corrected chi connectivity index (χ3v) is 4.43. The normalized spacial score (nSPS) is 12.0. The van der Waals surface area contributed by atoms with Crippen molar-refractivity contribution in [3.05, 3.63) is 23.8 Å². The number of hydrogen-bond acceptors (Lipinski definition) is 4. The first-order valence-corrected chi connectivity index (χ1v) is 7.82. The highest BCUT2D eigenvalue weighted by molar-refractivity contribution is 7.89. The highest BCUT2D eigenvalue weighted by atomic mass is 32.2. The summed E-state index contributed by atoms with van der Waals surface area (Å²) >= 11 is 0. The van der Waals surface area contributed by atoms with E-state index >= 15 is 0 Å².